The van der Waals surface area contributed by atoms with Crippen molar-refractivity contribution in [3.63, 3.8) is 0 Å². The number of nitrogens with zero attached hydrogens (tertiary/aromatic N) is 3. The molecule has 5 aromatic rings. The number of carbonyl (C=O) groups excluding carboxylic acids is 1. The van der Waals surface area contributed by atoms with E-state index in [4.69, 9.17) is 0 Å². The molecule has 0 fully saturated rings. The van der Waals surface area contributed by atoms with Gasteiger partial charge in [-0.15, -0.1) is 0 Å². The van der Waals surface area contributed by atoms with Crippen LogP contribution in [0.2, 0.25) is 0 Å². The van der Waals surface area contributed by atoms with Crippen molar-refractivity contribution >= 4 is 50.9 Å². The van der Waals surface area contributed by atoms with Crippen molar-refractivity contribution in [2.75, 3.05) is 34.9 Å². The lowest BCUT2D eigenvalue weighted by molar-refractivity contribution is 0.102. The van der Waals surface area contributed by atoms with E-state index in [0.29, 0.717) is 5.56 Å². The summed E-state index contributed by atoms with van der Waals surface area (Å²) >= 11 is 0. The van der Waals surface area contributed by atoms with E-state index in [0.717, 1.165) is 50.7 Å². The summed E-state index contributed by atoms with van der Waals surface area (Å²) in [7, 11) is 4.03. The number of fused-ring (bicyclic) bond motifs is 1. The molecule has 0 radical (unpaired) electrons. The molecular weight excluding hydrogens is 460 g/mol. The van der Waals surface area contributed by atoms with Crippen molar-refractivity contribution in [2.45, 2.75) is 6.92 Å². The summed E-state index contributed by atoms with van der Waals surface area (Å²) in [5, 5.41) is 10.8. The van der Waals surface area contributed by atoms with Gasteiger partial charge < -0.3 is 20.9 Å². The van der Waals surface area contributed by atoms with Gasteiger partial charge in [0.25, 0.3) is 5.91 Å². The molecule has 7 nitrogen and oxygen atoms in total. The number of benzene rings is 3. The van der Waals surface area contributed by atoms with E-state index in [9.17, 15) is 4.79 Å². The Morgan fingerprint density at radius 1 is 0.703 bits per heavy atom. The molecule has 7 heteroatoms. The molecule has 0 unspecified atom stereocenters. The minimum atomic E-state index is -0.165. The Hall–Kier alpha value is -4.91. The van der Waals surface area contributed by atoms with E-state index in [1.807, 2.05) is 93.8 Å². The van der Waals surface area contributed by atoms with E-state index in [1.165, 1.54) is 0 Å². The van der Waals surface area contributed by atoms with Crippen LogP contribution in [0.25, 0.3) is 10.9 Å². The van der Waals surface area contributed by atoms with Gasteiger partial charge in [-0.2, -0.15) is 0 Å². The number of rotatable bonds is 7. The maximum Gasteiger partial charge on any atom is 0.255 e. The van der Waals surface area contributed by atoms with E-state index in [1.54, 1.807) is 12.4 Å². The summed E-state index contributed by atoms with van der Waals surface area (Å²) in [6.45, 7) is 1.95. The summed E-state index contributed by atoms with van der Waals surface area (Å²) < 4.78 is 0. The normalized spacial score (nSPS) is 10.7. The molecule has 3 aromatic carbocycles. The zero-order chi connectivity index (χ0) is 25.8. The lowest BCUT2D eigenvalue weighted by atomic mass is 10.1. The Morgan fingerprint density at radius 3 is 2.11 bits per heavy atom. The number of pyridine rings is 2. The summed E-state index contributed by atoms with van der Waals surface area (Å²) in [6, 6.07) is 27.1. The first-order valence-corrected chi connectivity index (χ1v) is 12.0. The third-order valence-electron chi connectivity index (χ3n) is 6.00. The van der Waals surface area contributed by atoms with Gasteiger partial charge in [0, 0.05) is 77.3 Å². The molecule has 0 saturated carbocycles. The molecule has 0 aliphatic rings. The van der Waals surface area contributed by atoms with Crippen LogP contribution in [0.3, 0.4) is 0 Å². The number of hydrogen-bond donors (Lipinski definition) is 3. The Morgan fingerprint density at radius 2 is 1.38 bits per heavy atom. The van der Waals surface area contributed by atoms with Crippen LogP contribution in [0.4, 0.5) is 34.1 Å². The molecule has 0 saturated heterocycles. The number of anilines is 6. The van der Waals surface area contributed by atoms with E-state index >= 15 is 0 Å². The molecule has 184 valence electrons. The van der Waals surface area contributed by atoms with E-state index in [-0.39, 0.29) is 5.91 Å². The minimum absolute atomic E-state index is 0.165. The third-order valence-corrected chi connectivity index (χ3v) is 6.00. The van der Waals surface area contributed by atoms with Gasteiger partial charge in [-0.3, -0.25) is 14.8 Å². The average Bonchev–Trinajstić information content (AvgIpc) is 2.90. The highest BCUT2D eigenvalue weighted by Gasteiger charge is 2.09. The first-order chi connectivity index (χ1) is 17.9. The molecule has 3 N–H and O–H groups in total. The molecule has 5 rings (SSSR count). The molecule has 0 atom stereocenters. The highest BCUT2D eigenvalue weighted by atomic mass is 16.1. The fraction of sp³-hybridized carbons (Fsp3) is 0.100. The van der Waals surface area contributed by atoms with Crippen LogP contribution in [0, 0.1) is 6.92 Å². The number of hydrogen-bond acceptors (Lipinski definition) is 6. The van der Waals surface area contributed by atoms with Gasteiger partial charge in [0.2, 0.25) is 0 Å². The Kier molecular flexibility index (Phi) is 6.68. The monoisotopic (exact) mass is 488 g/mol. The second-order valence-electron chi connectivity index (χ2n) is 9.00. The second-order valence-corrected chi connectivity index (χ2v) is 9.00. The fourth-order valence-electron chi connectivity index (χ4n) is 4.01. The molecule has 2 heterocycles. The van der Waals surface area contributed by atoms with Crippen LogP contribution in [-0.4, -0.2) is 30.0 Å². The van der Waals surface area contributed by atoms with E-state index < -0.39 is 0 Å². The molecule has 0 aliphatic heterocycles. The first-order valence-electron chi connectivity index (χ1n) is 12.0. The third kappa shape index (κ3) is 5.67. The van der Waals surface area contributed by atoms with Crippen molar-refractivity contribution < 1.29 is 4.79 Å². The lowest BCUT2D eigenvalue weighted by Crippen LogP contribution is -2.11. The van der Waals surface area contributed by atoms with Gasteiger partial charge in [-0.05, 0) is 91.9 Å². The number of nitrogens with one attached hydrogen (secondary N) is 3. The fourth-order valence-corrected chi connectivity index (χ4v) is 4.01. The molecule has 2 aromatic heterocycles. The Labute approximate surface area is 216 Å². The van der Waals surface area contributed by atoms with Crippen molar-refractivity contribution in [2.24, 2.45) is 0 Å². The molecule has 0 aliphatic carbocycles. The summed E-state index contributed by atoms with van der Waals surface area (Å²) in [5.74, 6) is -0.165. The van der Waals surface area contributed by atoms with Crippen molar-refractivity contribution in [3.8, 4) is 0 Å². The number of aryl methyl sites for hydroxylation is 1. The molecule has 37 heavy (non-hydrogen) atoms. The maximum atomic E-state index is 12.8. The zero-order valence-electron chi connectivity index (χ0n) is 21.0. The summed E-state index contributed by atoms with van der Waals surface area (Å²) in [4.78, 5) is 23.6. The molecule has 0 spiro atoms. The molecule has 0 bridgehead atoms. The van der Waals surface area contributed by atoms with Crippen LogP contribution in [-0.2, 0) is 0 Å². The number of carbonyl (C=O) groups is 1. The number of aromatic nitrogens is 2. The van der Waals surface area contributed by atoms with Crippen LogP contribution < -0.4 is 20.9 Å². The second kappa shape index (κ2) is 10.4. The van der Waals surface area contributed by atoms with Crippen molar-refractivity contribution in [1.82, 2.24) is 9.97 Å². The Balaban J connectivity index is 1.24. The summed E-state index contributed by atoms with van der Waals surface area (Å²) in [5.41, 5.74) is 8.02. The topological polar surface area (TPSA) is 82.2 Å². The van der Waals surface area contributed by atoms with Crippen LogP contribution in [0.5, 0.6) is 0 Å². The predicted octanol–water partition coefficient (Wildman–Crippen LogP) is 6.74. The van der Waals surface area contributed by atoms with Gasteiger partial charge in [-0.1, -0.05) is 0 Å². The molecular formula is C30H28N6O. The number of amides is 1. The first kappa shape index (κ1) is 23.8. The SMILES string of the molecule is Cc1cc(Nc2ccc(NC(=O)c3ccc(Nc4ccnc5ccc(N(C)C)cc45)cc3)cc2)ccn1. The van der Waals surface area contributed by atoms with Crippen molar-refractivity contribution in [3.05, 3.63) is 109 Å². The lowest BCUT2D eigenvalue weighted by Gasteiger charge is -2.15. The highest BCUT2D eigenvalue weighted by molar-refractivity contribution is 6.04. The van der Waals surface area contributed by atoms with Crippen LogP contribution in [0.15, 0.2) is 97.3 Å². The average molecular weight is 489 g/mol. The van der Waals surface area contributed by atoms with Gasteiger partial charge in [0.05, 0.1) is 5.52 Å². The largest absolute Gasteiger partial charge is 0.378 e. The standard InChI is InChI=1S/C30H28N6O/c1-20-18-25(14-16-31-20)33-22-8-10-24(11-9-22)35-30(37)21-4-6-23(7-5-21)34-29-15-17-32-28-13-12-26(36(2)3)19-27(28)29/h4-19H,1-3H3,(H,31,33)(H,32,34)(H,35,37). The van der Waals surface area contributed by atoms with Crippen molar-refractivity contribution in [1.29, 1.82) is 0 Å². The van der Waals surface area contributed by atoms with E-state index in [2.05, 4.69) is 43.0 Å². The van der Waals surface area contributed by atoms with Gasteiger partial charge in [-0.25, -0.2) is 0 Å². The van der Waals surface area contributed by atoms with Gasteiger partial charge >= 0.3 is 0 Å². The predicted molar refractivity (Wildman–Crippen MR) is 152 cm³/mol. The highest BCUT2D eigenvalue weighted by Crippen LogP contribution is 2.28. The van der Waals surface area contributed by atoms with Crippen LogP contribution in [0.1, 0.15) is 16.1 Å². The molecule has 1 amide bonds. The summed E-state index contributed by atoms with van der Waals surface area (Å²) in [6.07, 6.45) is 3.56. The minimum Gasteiger partial charge on any atom is -0.378 e. The smallest absolute Gasteiger partial charge is 0.255 e. The Bertz CT molecular complexity index is 1550. The maximum absolute atomic E-state index is 12.8. The zero-order valence-corrected chi connectivity index (χ0v) is 21.0. The quantitative estimate of drug-likeness (QED) is 0.235. The van der Waals surface area contributed by atoms with Crippen LogP contribution >= 0.6 is 0 Å². The van der Waals surface area contributed by atoms with Gasteiger partial charge in [0.15, 0.2) is 0 Å². The van der Waals surface area contributed by atoms with Gasteiger partial charge in [0.1, 0.15) is 0 Å².